The molecule has 0 aromatic carbocycles. The first-order valence-corrected chi connectivity index (χ1v) is 5.93. The van der Waals surface area contributed by atoms with Gasteiger partial charge in [0.25, 0.3) is 5.91 Å². The van der Waals surface area contributed by atoms with Crippen molar-refractivity contribution in [1.82, 2.24) is 9.88 Å². The predicted molar refractivity (Wildman–Crippen MR) is 64.7 cm³/mol. The molecule has 94 valence electrons. The minimum Gasteiger partial charge on any atom is -0.376 e. The monoisotopic (exact) mass is 237 g/mol. The molecule has 1 amide bonds. The Bertz CT molecular complexity index is 400. The molecule has 2 rings (SSSR count). The van der Waals surface area contributed by atoms with Crippen LogP contribution in [0, 0.1) is 0 Å². The normalized spacial score (nSPS) is 27.6. The molecule has 3 unspecified atom stereocenters. The van der Waals surface area contributed by atoms with Gasteiger partial charge in [-0.3, -0.25) is 4.79 Å². The highest BCUT2D eigenvalue weighted by Crippen LogP contribution is 2.22. The van der Waals surface area contributed by atoms with Gasteiger partial charge in [0, 0.05) is 25.9 Å². The van der Waals surface area contributed by atoms with Gasteiger partial charge in [0.05, 0.1) is 12.1 Å². The second kappa shape index (κ2) is 4.89. The average Bonchev–Trinajstić information content (AvgIpc) is 2.72. The molecule has 1 saturated carbocycles. The lowest BCUT2D eigenvalue weighted by molar-refractivity contribution is -0.0301. The summed E-state index contributed by atoms with van der Waals surface area (Å²) in [6.45, 7) is 2.59. The molecule has 5 heteroatoms. The van der Waals surface area contributed by atoms with Crippen LogP contribution < -0.4 is 11.1 Å². The third-order valence-corrected chi connectivity index (χ3v) is 3.22. The third kappa shape index (κ3) is 2.35. The van der Waals surface area contributed by atoms with Gasteiger partial charge in [0.1, 0.15) is 5.69 Å². The number of rotatable bonds is 4. The number of carbonyl (C=O) groups excluding carboxylic acids is 1. The van der Waals surface area contributed by atoms with E-state index in [0.29, 0.717) is 12.3 Å². The lowest BCUT2D eigenvalue weighted by Crippen LogP contribution is -2.64. The second-order valence-electron chi connectivity index (χ2n) is 4.40. The number of ether oxygens (including phenoxy) is 1. The highest BCUT2D eigenvalue weighted by atomic mass is 16.5. The van der Waals surface area contributed by atoms with Crippen molar-refractivity contribution < 1.29 is 9.53 Å². The van der Waals surface area contributed by atoms with Crippen LogP contribution in [0.2, 0.25) is 0 Å². The number of aryl methyl sites for hydroxylation is 1. The molecule has 1 aromatic rings. The van der Waals surface area contributed by atoms with Crippen LogP contribution in [0.4, 0.5) is 0 Å². The van der Waals surface area contributed by atoms with E-state index in [9.17, 15) is 4.79 Å². The Kier molecular flexibility index (Phi) is 3.49. The van der Waals surface area contributed by atoms with Crippen LogP contribution in [-0.4, -0.2) is 35.3 Å². The smallest absolute Gasteiger partial charge is 0.268 e. The molecular weight excluding hydrogens is 218 g/mol. The number of amides is 1. The molecule has 0 aliphatic heterocycles. The van der Waals surface area contributed by atoms with Gasteiger partial charge in [-0.25, -0.2) is 0 Å². The minimum absolute atomic E-state index is 0.00392. The zero-order valence-corrected chi connectivity index (χ0v) is 10.2. The fourth-order valence-corrected chi connectivity index (χ4v) is 2.15. The Morgan fingerprint density at radius 3 is 3.00 bits per heavy atom. The summed E-state index contributed by atoms with van der Waals surface area (Å²) in [4.78, 5) is 12.0. The van der Waals surface area contributed by atoms with Crippen molar-refractivity contribution >= 4 is 5.91 Å². The molecule has 0 bridgehead atoms. The van der Waals surface area contributed by atoms with E-state index >= 15 is 0 Å². The molecule has 5 nitrogen and oxygen atoms in total. The SMILES string of the molecule is CCOC1CC(N)C1NC(=O)c1cccn1C. The maximum atomic E-state index is 12.0. The van der Waals surface area contributed by atoms with Gasteiger partial charge in [-0.15, -0.1) is 0 Å². The Morgan fingerprint density at radius 1 is 1.71 bits per heavy atom. The number of hydrogen-bond donors (Lipinski definition) is 2. The van der Waals surface area contributed by atoms with Gasteiger partial charge < -0.3 is 20.4 Å². The maximum Gasteiger partial charge on any atom is 0.268 e. The Labute approximate surface area is 101 Å². The Hall–Kier alpha value is -1.33. The molecule has 3 N–H and O–H groups in total. The van der Waals surface area contributed by atoms with Crippen molar-refractivity contribution in [3.63, 3.8) is 0 Å². The van der Waals surface area contributed by atoms with Crippen molar-refractivity contribution in [1.29, 1.82) is 0 Å². The summed E-state index contributed by atoms with van der Waals surface area (Å²) >= 11 is 0. The lowest BCUT2D eigenvalue weighted by atomic mass is 9.83. The summed E-state index contributed by atoms with van der Waals surface area (Å²) < 4.78 is 7.29. The average molecular weight is 237 g/mol. The summed E-state index contributed by atoms with van der Waals surface area (Å²) in [6, 6.07) is 3.55. The van der Waals surface area contributed by atoms with Crippen LogP contribution in [0.15, 0.2) is 18.3 Å². The highest BCUT2D eigenvalue weighted by Gasteiger charge is 2.40. The molecular formula is C12H19N3O2. The molecule has 1 fully saturated rings. The van der Waals surface area contributed by atoms with E-state index in [1.54, 1.807) is 10.6 Å². The standard InChI is InChI=1S/C12H19N3O2/c1-3-17-10-7-8(13)11(10)14-12(16)9-5-4-6-15(9)2/h4-6,8,10-11H,3,7,13H2,1-2H3,(H,14,16). The van der Waals surface area contributed by atoms with Crippen molar-refractivity contribution in [2.24, 2.45) is 12.8 Å². The summed E-state index contributed by atoms with van der Waals surface area (Å²) in [5.41, 5.74) is 6.52. The quantitative estimate of drug-likeness (QED) is 0.789. The number of nitrogens with one attached hydrogen (secondary N) is 1. The number of hydrogen-bond acceptors (Lipinski definition) is 3. The molecule has 1 aliphatic carbocycles. The number of carbonyl (C=O) groups is 1. The van der Waals surface area contributed by atoms with Gasteiger partial charge in [-0.2, -0.15) is 0 Å². The van der Waals surface area contributed by atoms with E-state index in [-0.39, 0.29) is 24.1 Å². The third-order valence-electron chi connectivity index (χ3n) is 3.22. The van der Waals surface area contributed by atoms with Crippen LogP contribution in [-0.2, 0) is 11.8 Å². The summed E-state index contributed by atoms with van der Waals surface area (Å²) in [5.74, 6) is -0.0950. The summed E-state index contributed by atoms with van der Waals surface area (Å²) in [7, 11) is 1.84. The van der Waals surface area contributed by atoms with Crippen LogP contribution in [0.5, 0.6) is 0 Å². The summed E-state index contributed by atoms with van der Waals surface area (Å²) in [5, 5.41) is 2.93. The van der Waals surface area contributed by atoms with E-state index in [1.807, 2.05) is 26.2 Å². The van der Waals surface area contributed by atoms with Gasteiger partial charge >= 0.3 is 0 Å². The van der Waals surface area contributed by atoms with E-state index in [1.165, 1.54) is 0 Å². The molecule has 3 atom stereocenters. The molecule has 17 heavy (non-hydrogen) atoms. The van der Waals surface area contributed by atoms with E-state index < -0.39 is 0 Å². The first kappa shape index (κ1) is 12.1. The number of aromatic nitrogens is 1. The van der Waals surface area contributed by atoms with Crippen molar-refractivity contribution in [3.05, 3.63) is 24.0 Å². The van der Waals surface area contributed by atoms with Crippen LogP contribution in [0.3, 0.4) is 0 Å². The predicted octanol–water partition coefficient (Wildman–Crippen LogP) is 0.260. The molecule has 0 spiro atoms. The van der Waals surface area contributed by atoms with E-state index in [4.69, 9.17) is 10.5 Å². The van der Waals surface area contributed by atoms with Crippen molar-refractivity contribution in [3.8, 4) is 0 Å². The lowest BCUT2D eigenvalue weighted by Gasteiger charge is -2.42. The first-order chi connectivity index (χ1) is 8.13. The van der Waals surface area contributed by atoms with Gasteiger partial charge in [-0.1, -0.05) is 0 Å². The van der Waals surface area contributed by atoms with Crippen LogP contribution in [0.1, 0.15) is 23.8 Å². The zero-order valence-electron chi connectivity index (χ0n) is 10.2. The minimum atomic E-state index is -0.0950. The van der Waals surface area contributed by atoms with E-state index in [0.717, 1.165) is 6.42 Å². The van der Waals surface area contributed by atoms with Gasteiger partial charge in [0.15, 0.2) is 0 Å². The fourth-order valence-electron chi connectivity index (χ4n) is 2.15. The first-order valence-electron chi connectivity index (χ1n) is 5.93. The van der Waals surface area contributed by atoms with Gasteiger partial charge in [0.2, 0.25) is 0 Å². The van der Waals surface area contributed by atoms with Crippen LogP contribution >= 0.6 is 0 Å². The summed E-state index contributed by atoms with van der Waals surface area (Å²) in [6.07, 6.45) is 2.71. The molecule has 0 saturated heterocycles. The highest BCUT2D eigenvalue weighted by molar-refractivity contribution is 5.93. The molecule has 1 aliphatic rings. The molecule has 1 heterocycles. The Balaban J connectivity index is 1.97. The number of nitrogens with zero attached hydrogens (tertiary/aromatic N) is 1. The molecule has 1 aromatic heterocycles. The maximum absolute atomic E-state index is 12.0. The molecule has 0 radical (unpaired) electrons. The number of nitrogens with two attached hydrogens (primary N) is 1. The fraction of sp³-hybridized carbons (Fsp3) is 0.583. The van der Waals surface area contributed by atoms with Crippen molar-refractivity contribution in [2.45, 2.75) is 31.5 Å². The zero-order chi connectivity index (χ0) is 12.4. The van der Waals surface area contributed by atoms with Crippen molar-refractivity contribution in [2.75, 3.05) is 6.61 Å². The largest absolute Gasteiger partial charge is 0.376 e. The van der Waals surface area contributed by atoms with E-state index in [2.05, 4.69) is 5.32 Å². The Morgan fingerprint density at radius 2 is 2.47 bits per heavy atom. The van der Waals surface area contributed by atoms with Gasteiger partial charge in [-0.05, 0) is 25.5 Å². The van der Waals surface area contributed by atoms with Crippen LogP contribution in [0.25, 0.3) is 0 Å². The second-order valence-corrected chi connectivity index (χ2v) is 4.40. The topological polar surface area (TPSA) is 69.3 Å².